The molecule has 2 N–H and O–H groups in total. The average molecular weight is 193 g/mol. The molecular weight excluding hydrogens is 178 g/mol. The van der Waals surface area contributed by atoms with Gasteiger partial charge in [0.05, 0.1) is 13.2 Å². The van der Waals surface area contributed by atoms with Gasteiger partial charge in [-0.1, -0.05) is 12.1 Å². The molecule has 76 valence electrons. The largest absolute Gasteiger partial charge is 0.488 e. The lowest BCUT2D eigenvalue weighted by molar-refractivity contribution is 0.141. The highest BCUT2D eigenvalue weighted by atomic mass is 16.5. The first-order valence-corrected chi connectivity index (χ1v) is 4.92. The zero-order valence-electron chi connectivity index (χ0n) is 8.11. The third-order valence-electron chi connectivity index (χ3n) is 2.35. The van der Waals surface area contributed by atoms with Gasteiger partial charge in [-0.15, -0.1) is 0 Å². The minimum Gasteiger partial charge on any atom is -0.488 e. The summed E-state index contributed by atoms with van der Waals surface area (Å²) in [6, 6.07) is 7.90. The molecule has 0 aromatic heterocycles. The van der Waals surface area contributed by atoms with Gasteiger partial charge in [-0.25, -0.2) is 0 Å². The quantitative estimate of drug-likeness (QED) is 0.787. The molecule has 1 atom stereocenters. The van der Waals surface area contributed by atoms with Crippen molar-refractivity contribution >= 4 is 0 Å². The molecule has 3 heteroatoms. The minimum atomic E-state index is 0.221. The van der Waals surface area contributed by atoms with Gasteiger partial charge in [0.25, 0.3) is 0 Å². The number of nitrogens with two attached hydrogens (primary N) is 1. The molecule has 0 radical (unpaired) electrons. The molecule has 0 unspecified atom stereocenters. The molecule has 0 spiro atoms. The summed E-state index contributed by atoms with van der Waals surface area (Å²) in [5.41, 5.74) is 6.63. The highest BCUT2D eigenvalue weighted by molar-refractivity contribution is 5.27. The van der Waals surface area contributed by atoms with Crippen molar-refractivity contribution in [2.75, 3.05) is 13.2 Å². The fourth-order valence-corrected chi connectivity index (χ4v) is 1.50. The van der Waals surface area contributed by atoms with Crippen molar-refractivity contribution in [1.29, 1.82) is 0 Å². The Morgan fingerprint density at radius 1 is 1.36 bits per heavy atom. The van der Waals surface area contributed by atoms with Crippen molar-refractivity contribution in [3.05, 3.63) is 29.8 Å². The first-order valence-electron chi connectivity index (χ1n) is 4.92. The summed E-state index contributed by atoms with van der Waals surface area (Å²) >= 11 is 0. The minimum absolute atomic E-state index is 0.221. The van der Waals surface area contributed by atoms with Crippen molar-refractivity contribution in [3.63, 3.8) is 0 Å². The van der Waals surface area contributed by atoms with E-state index in [9.17, 15) is 0 Å². The second kappa shape index (κ2) is 4.44. The third-order valence-corrected chi connectivity index (χ3v) is 2.35. The van der Waals surface area contributed by atoms with E-state index in [4.69, 9.17) is 15.2 Å². The molecular formula is C11H15NO2. The first kappa shape index (κ1) is 9.49. The van der Waals surface area contributed by atoms with Crippen LogP contribution < -0.4 is 10.5 Å². The van der Waals surface area contributed by atoms with Crippen LogP contribution in [0.1, 0.15) is 12.0 Å². The molecule has 1 fully saturated rings. The van der Waals surface area contributed by atoms with E-state index in [2.05, 4.69) is 0 Å². The van der Waals surface area contributed by atoms with E-state index < -0.39 is 0 Å². The molecule has 14 heavy (non-hydrogen) atoms. The van der Waals surface area contributed by atoms with Crippen LogP contribution >= 0.6 is 0 Å². The van der Waals surface area contributed by atoms with Crippen LogP contribution in [0.5, 0.6) is 5.75 Å². The van der Waals surface area contributed by atoms with E-state index in [-0.39, 0.29) is 6.10 Å². The number of benzene rings is 1. The molecule has 1 aliphatic rings. The molecule has 0 aliphatic carbocycles. The molecule has 1 heterocycles. The fourth-order valence-electron chi connectivity index (χ4n) is 1.50. The number of rotatable bonds is 3. The monoisotopic (exact) mass is 193 g/mol. The Labute approximate surface area is 83.8 Å². The van der Waals surface area contributed by atoms with Gasteiger partial charge in [0.2, 0.25) is 0 Å². The number of hydrogen-bond donors (Lipinski definition) is 1. The van der Waals surface area contributed by atoms with Crippen LogP contribution in [0.2, 0.25) is 0 Å². The maximum Gasteiger partial charge on any atom is 0.124 e. The second-order valence-corrected chi connectivity index (χ2v) is 3.45. The summed E-state index contributed by atoms with van der Waals surface area (Å²) in [7, 11) is 0. The zero-order chi connectivity index (χ0) is 9.80. The van der Waals surface area contributed by atoms with Crippen LogP contribution in [0.25, 0.3) is 0 Å². The zero-order valence-corrected chi connectivity index (χ0v) is 8.11. The molecule has 1 aromatic rings. The SMILES string of the molecule is NCc1ccc(O[C@H]2CCOC2)cc1. The van der Waals surface area contributed by atoms with Gasteiger partial charge < -0.3 is 15.2 Å². The van der Waals surface area contributed by atoms with Crippen molar-refractivity contribution in [2.24, 2.45) is 5.73 Å². The second-order valence-electron chi connectivity index (χ2n) is 3.45. The highest BCUT2D eigenvalue weighted by Crippen LogP contribution is 2.17. The van der Waals surface area contributed by atoms with Crippen LogP contribution in [0, 0.1) is 0 Å². The molecule has 1 aliphatic heterocycles. The van der Waals surface area contributed by atoms with Gasteiger partial charge in [0, 0.05) is 13.0 Å². The summed E-state index contributed by atoms with van der Waals surface area (Å²) in [6.07, 6.45) is 1.21. The summed E-state index contributed by atoms with van der Waals surface area (Å²) in [6.45, 7) is 2.09. The van der Waals surface area contributed by atoms with Crippen molar-refractivity contribution in [2.45, 2.75) is 19.1 Å². The Morgan fingerprint density at radius 3 is 2.71 bits per heavy atom. The van der Waals surface area contributed by atoms with Crippen LogP contribution in [-0.4, -0.2) is 19.3 Å². The van der Waals surface area contributed by atoms with E-state index in [0.717, 1.165) is 24.3 Å². The van der Waals surface area contributed by atoms with Gasteiger partial charge in [-0.3, -0.25) is 0 Å². The normalized spacial score (nSPS) is 21.1. The van der Waals surface area contributed by atoms with Crippen molar-refractivity contribution in [3.8, 4) is 5.75 Å². The predicted molar refractivity (Wildman–Crippen MR) is 54.2 cm³/mol. The Hall–Kier alpha value is -1.06. The summed E-state index contributed by atoms with van der Waals surface area (Å²) in [4.78, 5) is 0. The van der Waals surface area contributed by atoms with Gasteiger partial charge in [-0.2, -0.15) is 0 Å². The van der Waals surface area contributed by atoms with Crippen LogP contribution in [0.4, 0.5) is 0 Å². The van der Waals surface area contributed by atoms with Crippen molar-refractivity contribution < 1.29 is 9.47 Å². The Kier molecular flexibility index (Phi) is 3.01. The smallest absolute Gasteiger partial charge is 0.124 e. The van der Waals surface area contributed by atoms with Gasteiger partial charge in [-0.05, 0) is 17.7 Å². The number of ether oxygens (including phenoxy) is 2. The Bertz CT molecular complexity index is 278. The fraction of sp³-hybridized carbons (Fsp3) is 0.455. The molecule has 0 saturated carbocycles. The van der Waals surface area contributed by atoms with E-state index in [0.29, 0.717) is 13.2 Å². The van der Waals surface area contributed by atoms with Gasteiger partial charge in [0.1, 0.15) is 11.9 Å². The van der Waals surface area contributed by atoms with Gasteiger partial charge >= 0.3 is 0 Å². The molecule has 0 amide bonds. The van der Waals surface area contributed by atoms with E-state index >= 15 is 0 Å². The van der Waals surface area contributed by atoms with E-state index in [1.807, 2.05) is 24.3 Å². The lowest BCUT2D eigenvalue weighted by Gasteiger charge is -2.11. The Balaban J connectivity index is 1.95. The van der Waals surface area contributed by atoms with Crippen LogP contribution in [-0.2, 0) is 11.3 Å². The maximum atomic E-state index is 5.71. The van der Waals surface area contributed by atoms with Crippen LogP contribution in [0.3, 0.4) is 0 Å². The maximum absolute atomic E-state index is 5.71. The molecule has 0 bridgehead atoms. The highest BCUT2D eigenvalue weighted by Gasteiger charge is 2.16. The van der Waals surface area contributed by atoms with Crippen LogP contribution in [0.15, 0.2) is 24.3 Å². The Morgan fingerprint density at radius 2 is 2.14 bits per heavy atom. The molecule has 2 rings (SSSR count). The van der Waals surface area contributed by atoms with E-state index in [1.165, 1.54) is 0 Å². The van der Waals surface area contributed by atoms with E-state index in [1.54, 1.807) is 0 Å². The van der Waals surface area contributed by atoms with Gasteiger partial charge in [0.15, 0.2) is 0 Å². The first-order chi connectivity index (χ1) is 6.88. The third kappa shape index (κ3) is 2.25. The predicted octanol–water partition coefficient (Wildman–Crippen LogP) is 1.31. The summed E-state index contributed by atoms with van der Waals surface area (Å²) in [5.74, 6) is 0.901. The summed E-state index contributed by atoms with van der Waals surface area (Å²) < 4.78 is 10.9. The topological polar surface area (TPSA) is 44.5 Å². The molecule has 3 nitrogen and oxygen atoms in total. The van der Waals surface area contributed by atoms with Crippen molar-refractivity contribution in [1.82, 2.24) is 0 Å². The lowest BCUT2D eigenvalue weighted by Crippen LogP contribution is -2.15. The standard InChI is InChI=1S/C11H15NO2/c12-7-9-1-3-10(4-2-9)14-11-5-6-13-8-11/h1-4,11H,5-8,12H2/t11-/m0/s1. The molecule has 1 aromatic carbocycles. The molecule has 1 saturated heterocycles. The summed E-state index contributed by atoms with van der Waals surface area (Å²) in [5, 5.41) is 0. The number of hydrogen-bond acceptors (Lipinski definition) is 3. The lowest BCUT2D eigenvalue weighted by atomic mass is 10.2. The average Bonchev–Trinajstić information content (AvgIpc) is 2.72.